The van der Waals surface area contributed by atoms with Gasteiger partial charge in [-0.15, -0.1) is 0 Å². The SMILES string of the molecule is CC(=O)NC(C)(C)c1noc(CCN2c3ccccc3CC[C@@H]2C)n1. The average Bonchev–Trinajstić information content (AvgIpc) is 3.03. The summed E-state index contributed by atoms with van der Waals surface area (Å²) in [6.45, 7) is 8.31. The van der Waals surface area contributed by atoms with Crippen LogP contribution in [0.5, 0.6) is 0 Å². The zero-order valence-electron chi connectivity index (χ0n) is 15.4. The number of carbonyl (C=O) groups is 1. The summed E-state index contributed by atoms with van der Waals surface area (Å²) in [6, 6.07) is 9.07. The number of amides is 1. The van der Waals surface area contributed by atoms with Crippen LogP contribution in [0.15, 0.2) is 28.8 Å². The normalized spacial score (nSPS) is 17.3. The van der Waals surface area contributed by atoms with Gasteiger partial charge in [0.1, 0.15) is 0 Å². The molecule has 0 aliphatic carbocycles. The van der Waals surface area contributed by atoms with E-state index >= 15 is 0 Å². The Balaban J connectivity index is 1.70. The van der Waals surface area contributed by atoms with Crippen LogP contribution in [-0.4, -0.2) is 28.6 Å². The van der Waals surface area contributed by atoms with Crippen molar-refractivity contribution in [1.82, 2.24) is 15.5 Å². The number of aryl methyl sites for hydroxylation is 1. The van der Waals surface area contributed by atoms with Gasteiger partial charge in [-0.05, 0) is 45.2 Å². The van der Waals surface area contributed by atoms with E-state index in [1.807, 2.05) is 13.8 Å². The maximum absolute atomic E-state index is 11.3. The number of benzene rings is 1. The molecule has 6 nitrogen and oxygen atoms in total. The van der Waals surface area contributed by atoms with Crippen LogP contribution in [-0.2, 0) is 23.2 Å². The van der Waals surface area contributed by atoms with Crippen LogP contribution in [0.4, 0.5) is 5.69 Å². The summed E-state index contributed by atoms with van der Waals surface area (Å²) < 4.78 is 5.41. The molecule has 1 atom stereocenters. The first kappa shape index (κ1) is 17.5. The van der Waals surface area contributed by atoms with Crippen molar-refractivity contribution in [3.8, 4) is 0 Å². The molecule has 0 unspecified atom stereocenters. The van der Waals surface area contributed by atoms with Crippen molar-refractivity contribution in [2.24, 2.45) is 0 Å². The van der Waals surface area contributed by atoms with Crippen molar-refractivity contribution < 1.29 is 9.32 Å². The Kier molecular flexibility index (Phi) is 4.79. The highest BCUT2D eigenvalue weighted by molar-refractivity contribution is 5.73. The van der Waals surface area contributed by atoms with Crippen molar-refractivity contribution in [3.63, 3.8) is 0 Å². The van der Waals surface area contributed by atoms with E-state index in [4.69, 9.17) is 4.52 Å². The van der Waals surface area contributed by atoms with Crippen LogP contribution in [0, 0.1) is 0 Å². The third kappa shape index (κ3) is 3.83. The van der Waals surface area contributed by atoms with Gasteiger partial charge in [0, 0.05) is 31.6 Å². The van der Waals surface area contributed by atoms with E-state index < -0.39 is 5.54 Å². The highest BCUT2D eigenvalue weighted by Gasteiger charge is 2.28. The first-order chi connectivity index (χ1) is 11.9. The molecule has 0 radical (unpaired) electrons. The summed E-state index contributed by atoms with van der Waals surface area (Å²) in [7, 11) is 0. The van der Waals surface area contributed by atoms with Gasteiger partial charge in [0.2, 0.25) is 11.8 Å². The lowest BCUT2D eigenvalue weighted by atomic mass is 9.96. The standard InChI is InChI=1S/C19H26N4O2/c1-13-9-10-15-7-5-6-8-16(15)23(13)12-11-17-20-18(22-25-17)19(3,4)21-14(2)24/h5-8,13H,9-12H2,1-4H3,(H,21,24)/t13-/m0/s1. The monoisotopic (exact) mass is 342 g/mol. The first-order valence-corrected chi connectivity index (χ1v) is 8.83. The fourth-order valence-corrected chi connectivity index (χ4v) is 3.42. The van der Waals surface area contributed by atoms with Crippen molar-refractivity contribution >= 4 is 11.6 Å². The highest BCUT2D eigenvalue weighted by atomic mass is 16.5. The summed E-state index contributed by atoms with van der Waals surface area (Å²) >= 11 is 0. The molecule has 134 valence electrons. The molecular formula is C19H26N4O2. The Bertz CT molecular complexity index is 753. The summed E-state index contributed by atoms with van der Waals surface area (Å²) in [5.41, 5.74) is 2.07. The molecule has 1 aliphatic rings. The second-order valence-corrected chi connectivity index (χ2v) is 7.28. The number of para-hydroxylation sites is 1. The number of fused-ring (bicyclic) bond motifs is 1. The van der Waals surface area contributed by atoms with Gasteiger partial charge in [-0.3, -0.25) is 4.79 Å². The molecule has 1 aliphatic heterocycles. The van der Waals surface area contributed by atoms with E-state index in [-0.39, 0.29) is 5.91 Å². The molecule has 1 N–H and O–H groups in total. The third-order valence-electron chi connectivity index (χ3n) is 4.75. The molecule has 1 amide bonds. The van der Waals surface area contributed by atoms with E-state index in [0.717, 1.165) is 19.4 Å². The van der Waals surface area contributed by atoms with Crippen molar-refractivity contribution in [3.05, 3.63) is 41.5 Å². The predicted octanol–water partition coefficient (Wildman–Crippen LogP) is 2.82. The van der Waals surface area contributed by atoms with E-state index in [9.17, 15) is 4.79 Å². The van der Waals surface area contributed by atoms with Crippen LogP contribution in [0.2, 0.25) is 0 Å². The minimum atomic E-state index is -0.640. The van der Waals surface area contributed by atoms with Gasteiger partial charge in [0.05, 0.1) is 5.54 Å². The summed E-state index contributed by atoms with van der Waals surface area (Å²) in [4.78, 5) is 18.2. The minimum Gasteiger partial charge on any atom is -0.368 e. The van der Waals surface area contributed by atoms with Gasteiger partial charge in [-0.25, -0.2) is 0 Å². The molecular weight excluding hydrogens is 316 g/mol. The number of nitrogens with one attached hydrogen (secondary N) is 1. The summed E-state index contributed by atoms with van der Waals surface area (Å²) in [6.07, 6.45) is 2.97. The van der Waals surface area contributed by atoms with Gasteiger partial charge in [0.25, 0.3) is 0 Å². The molecule has 1 aromatic heterocycles. The Hall–Kier alpha value is -2.37. The van der Waals surface area contributed by atoms with Crippen LogP contribution in [0.3, 0.4) is 0 Å². The Morgan fingerprint density at radius 2 is 2.16 bits per heavy atom. The second kappa shape index (κ2) is 6.86. The molecule has 0 saturated heterocycles. The maximum Gasteiger partial charge on any atom is 0.228 e. The van der Waals surface area contributed by atoms with Crippen LogP contribution in [0.25, 0.3) is 0 Å². The largest absolute Gasteiger partial charge is 0.368 e. The van der Waals surface area contributed by atoms with E-state index in [2.05, 4.69) is 51.5 Å². The van der Waals surface area contributed by atoms with Gasteiger partial charge >= 0.3 is 0 Å². The number of aromatic nitrogens is 2. The van der Waals surface area contributed by atoms with Gasteiger partial charge in [-0.1, -0.05) is 23.4 Å². The lowest BCUT2D eigenvalue weighted by molar-refractivity contribution is -0.120. The van der Waals surface area contributed by atoms with E-state index in [1.165, 1.54) is 18.2 Å². The fraction of sp³-hybridized carbons (Fsp3) is 0.526. The molecule has 2 aromatic rings. The average molecular weight is 342 g/mol. The zero-order chi connectivity index (χ0) is 18.0. The number of hydrogen-bond acceptors (Lipinski definition) is 5. The summed E-state index contributed by atoms with van der Waals surface area (Å²) in [5, 5.41) is 6.89. The fourth-order valence-electron chi connectivity index (χ4n) is 3.42. The molecule has 0 spiro atoms. The number of rotatable bonds is 5. The third-order valence-corrected chi connectivity index (χ3v) is 4.75. The van der Waals surface area contributed by atoms with Crippen molar-refractivity contribution in [1.29, 1.82) is 0 Å². The quantitative estimate of drug-likeness (QED) is 0.905. The Morgan fingerprint density at radius 1 is 1.40 bits per heavy atom. The van der Waals surface area contributed by atoms with E-state index in [1.54, 1.807) is 0 Å². The molecule has 0 bridgehead atoms. The molecule has 2 heterocycles. The van der Waals surface area contributed by atoms with Crippen molar-refractivity contribution in [2.45, 2.75) is 58.5 Å². The topological polar surface area (TPSA) is 71.3 Å². The smallest absolute Gasteiger partial charge is 0.228 e. The lowest BCUT2D eigenvalue weighted by Gasteiger charge is -2.36. The molecule has 6 heteroatoms. The van der Waals surface area contributed by atoms with Gasteiger partial charge in [0.15, 0.2) is 5.82 Å². The summed E-state index contributed by atoms with van der Waals surface area (Å²) in [5.74, 6) is 0.989. The number of carbonyl (C=O) groups excluding carboxylic acids is 1. The van der Waals surface area contributed by atoms with Crippen LogP contribution >= 0.6 is 0 Å². The van der Waals surface area contributed by atoms with Crippen molar-refractivity contribution in [2.75, 3.05) is 11.4 Å². The van der Waals surface area contributed by atoms with Gasteiger partial charge in [-0.2, -0.15) is 4.98 Å². The molecule has 0 saturated carbocycles. The van der Waals surface area contributed by atoms with Gasteiger partial charge < -0.3 is 14.7 Å². The van der Waals surface area contributed by atoms with E-state index in [0.29, 0.717) is 24.2 Å². The number of anilines is 1. The Labute approximate surface area is 148 Å². The number of hydrogen-bond donors (Lipinski definition) is 1. The predicted molar refractivity (Wildman–Crippen MR) is 96.4 cm³/mol. The first-order valence-electron chi connectivity index (χ1n) is 8.83. The maximum atomic E-state index is 11.3. The highest BCUT2D eigenvalue weighted by Crippen LogP contribution is 2.30. The van der Waals surface area contributed by atoms with Crippen LogP contribution < -0.4 is 10.2 Å². The Morgan fingerprint density at radius 3 is 2.92 bits per heavy atom. The molecule has 3 rings (SSSR count). The molecule has 25 heavy (non-hydrogen) atoms. The number of nitrogens with zero attached hydrogens (tertiary/aromatic N) is 3. The molecule has 0 fully saturated rings. The molecule has 1 aromatic carbocycles. The minimum absolute atomic E-state index is 0.116. The van der Waals surface area contributed by atoms with Crippen LogP contribution in [0.1, 0.15) is 51.4 Å². The second-order valence-electron chi connectivity index (χ2n) is 7.28. The lowest BCUT2D eigenvalue weighted by Crippen LogP contribution is -2.40. The zero-order valence-corrected chi connectivity index (χ0v) is 15.4.